The van der Waals surface area contributed by atoms with Crippen LogP contribution in [0.1, 0.15) is 11.5 Å². The Kier molecular flexibility index (Phi) is 3.30. The van der Waals surface area contributed by atoms with Gasteiger partial charge in [-0.1, -0.05) is 0 Å². The fourth-order valence-electron chi connectivity index (χ4n) is 1.34. The largest absolute Gasteiger partial charge is 0.465 e. The molecule has 0 saturated carbocycles. The van der Waals surface area contributed by atoms with E-state index in [1.807, 2.05) is 19.1 Å². The van der Waals surface area contributed by atoms with E-state index in [9.17, 15) is 0 Å². The van der Waals surface area contributed by atoms with Crippen LogP contribution in [0.25, 0.3) is 0 Å². The molecule has 0 radical (unpaired) electrons. The molecule has 0 saturated heterocycles. The molecule has 0 bridgehead atoms. The van der Waals surface area contributed by atoms with Crippen molar-refractivity contribution in [1.82, 2.24) is 0 Å². The van der Waals surface area contributed by atoms with Crippen molar-refractivity contribution in [2.75, 3.05) is 5.32 Å². The highest BCUT2D eigenvalue weighted by Gasteiger charge is 1.98. The van der Waals surface area contributed by atoms with Crippen LogP contribution in [0, 0.1) is 10.5 Å². The number of furan rings is 1. The van der Waals surface area contributed by atoms with Gasteiger partial charge in [-0.3, -0.25) is 0 Å². The Hall–Kier alpha value is -0.970. The van der Waals surface area contributed by atoms with Gasteiger partial charge in [-0.25, -0.2) is 0 Å². The summed E-state index contributed by atoms with van der Waals surface area (Å²) in [4.78, 5) is 0. The van der Waals surface area contributed by atoms with Gasteiger partial charge in [0.2, 0.25) is 0 Å². The molecule has 0 aliphatic rings. The SMILES string of the molecule is Cc1ccc(CNc2ccc(I)cc2)o1. The summed E-state index contributed by atoms with van der Waals surface area (Å²) in [6.07, 6.45) is 0. The van der Waals surface area contributed by atoms with E-state index in [0.717, 1.165) is 23.8 Å². The molecule has 3 heteroatoms. The quantitative estimate of drug-likeness (QED) is 0.872. The average Bonchev–Trinajstić information content (AvgIpc) is 2.64. The number of benzene rings is 1. The third kappa shape index (κ3) is 2.99. The number of hydrogen-bond donors (Lipinski definition) is 1. The fourth-order valence-corrected chi connectivity index (χ4v) is 1.70. The van der Waals surface area contributed by atoms with E-state index in [1.54, 1.807) is 0 Å². The van der Waals surface area contributed by atoms with Crippen molar-refractivity contribution >= 4 is 28.3 Å². The zero-order valence-electron chi connectivity index (χ0n) is 8.46. The lowest BCUT2D eigenvalue weighted by Gasteiger charge is -2.03. The molecule has 0 spiro atoms. The Morgan fingerprint density at radius 1 is 1.13 bits per heavy atom. The Bertz CT molecular complexity index is 433. The van der Waals surface area contributed by atoms with Crippen molar-refractivity contribution in [2.45, 2.75) is 13.5 Å². The summed E-state index contributed by atoms with van der Waals surface area (Å²) < 4.78 is 6.71. The number of halogens is 1. The van der Waals surface area contributed by atoms with E-state index in [0.29, 0.717) is 0 Å². The molecule has 2 nitrogen and oxygen atoms in total. The summed E-state index contributed by atoms with van der Waals surface area (Å²) in [7, 11) is 0. The van der Waals surface area contributed by atoms with Crippen molar-refractivity contribution < 1.29 is 4.42 Å². The second-order valence-electron chi connectivity index (χ2n) is 3.37. The van der Waals surface area contributed by atoms with E-state index < -0.39 is 0 Å². The highest BCUT2D eigenvalue weighted by atomic mass is 127. The molecule has 1 aromatic carbocycles. The average molecular weight is 313 g/mol. The second kappa shape index (κ2) is 4.70. The van der Waals surface area contributed by atoms with Gasteiger partial charge in [-0.15, -0.1) is 0 Å². The van der Waals surface area contributed by atoms with Gasteiger partial charge in [-0.2, -0.15) is 0 Å². The summed E-state index contributed by atoms with van der Waals surface area (Å²) in [5, 5.41) is 3.30. The first-order valence-corrected chi connectivity index (χ1v) is 5.87. The third-order valence-electron chi connectivity index (χ3n) is 2.11. The zero-order valence-corrected chi connectivity index (χ0v) is 10.6. The van der Waals surface area contributed by atoms with E-state index >= 15 is 0 Å². The predicted octanol–water partition coefficient (Wildman–Crippen LogP) is 3.80. The molecule has 0 aliphatic heterocycles. The number of anilines is 1. The molecule has 15 heavy (non-hydrogen) atoms. The molecule has 0 amide bonds. The molecule has 2 aromatic rings. The molecule has 0 fully saturated rings. The van der Waals surface area contributed by atoms with Gasteiger partial charge in [0.1, 0.15) is 11.5 Å². The molecule has 1 aromatic heterocycles. The zero-order chi connectivity index (χ0) is 10.7. The van der Waals surface area contributed by atoms with Crippen molar-refractivity contribution in [1.29, 1.82) is 0 Å². The first kappa shape index (κ1) is 10.5. The van der Waals surface area contributed by atoms with Gasteiger partial charge < -0.3 is 9.73 Å². The van der Waals surface area contributed by atoms with Gasteiger partial charge in [0, 0.05) is 9.26 Å². The van der Waals surface area contributed by atoms with Crippen LogP contribution >= 0.6 is 22.6 Å². The Balaban J connectivity index is 1.96. The van der Waals surface area contributed by atoms with E-state index in [2.05, 4.69) is 52.2 Å². The van der Waals surface area contributed by atoms with Crippen LogP contribution in [0.3, 0.4) is 0 Å². The fraction of sp³-hybridized carbons (Fsp3) is 0.167. The molecular weight excluding hydrogens is 301 g/mol. The maximum absolute atomic E-state index is 5.46. The molecule has 0 aliphatic carbocycles. The topological polar surface area (TPSA) is 25.2 Å². The Morgan fingerprint density at radius 3 is 2.47 bits per heavy atom. The minimum atomic E-state index is 0.731. The monoisotopic (exact) mass is 313 g/mol. The van der Waals surface area contributed by atoms with Crippen LogP contribution in [0.5, 0.6) is 0 Å². The van der Waals surface area contributed by atoms with Crippen LogP contribution in [-0.2, 0) is 6.54 Å². The second-order valence-corrected chi connectivity index (χ2v) is 4.62. The van der Waals surface area contributed by atoms with Crippen LogP contribution in [0.2, 0.25) is 0 Å². The lowest BCUT2D eigenvalue weighted by Crippen LogP contribution is -1.97. The lowest BCUT2D eigenvalue weighted by molar-refractivity contribution is 0.490. The van der Waals surface area contributed by atoms with Crippen molar-refractivity contribution in [2.24, 2.45) is 0 Å². The predicted molar refractivity (Wildman–Crippen MR) is 69.9 cm³/mol. The van der Waals surface area contributed by atoms with Gasteiger partial charge in [0.25, 0.3) is 0 Å². The number of nitrogens with one attached hydrogen (secondary N) is 1. The van der Waals surface area contributed by atoms with Crippen LogP contribution in [0.4, 0.5) is 5.69 Å². The van der Waals surface area contributed by atoms with Crippen molar-refractivity contribution in [3.05, 3.63) is 51.5 Å². The Morgan fingerprint density at radius 2 is 1.87 bits per heavy atom. The van der Waals surface area contributed by atoms with Gasteiger partial charge in [0.05, 0.1) is 6.54 Å². The van der Waals surface area contributed by atoms with Gasteiger partial charge in [0.15, 0.2) is 0 Å². The normalized spacial score (nSPS) is 10.3. The first-order valence-electron chi connectivity index (χ1n) is 4.79. The van der Waals surface area contributed by atoms with Crippen LogP contribution in [-0.4, -0.2) is 0 Å². The van der Waals surface area contributed by atoms with Crippen LogP contribution < -0.4 is 5.32 Å². The molecule has 1 N–H and O–H groups in total. The van der Waals surface area contributed by atoms with E-state index in [1.165, 1.54) is 3.57 Å². The molecule has 0 atom stereocenters. The first-order chi connectivity index (χ1) is 7.24. The van der Waals surface area contributed by atoms with E-state index in [-0.39, 0.29) is 0 Å². The number of aryl methyl sites for hydroxylation is 1. The molecule has 78 valence electrons. The smallest absolute Gasteiger partial charge is 0.123 e. The van der Waals surface area contributed by atoms with Gasteiger partial charge >= 0.3 is 0 Å². The summed E-state index contributed by atoms with van der Waals surface area (Å²) in [6, 6.07) is 12.3. The summed E-state index contributed by atoms with van der Waals surface area (Å²) >= 11 is 2.29. The van der Waals surface area contributed by atoms with Crippen molar-refractivity contribution in [3.63, 3.8) is 0 Å². The standard InChI is InChI=1S/C12H12INO/c1-9-2-7-12(15-9)8-14-11-5-3-10(13)4-6-11/h2-7,14H,8H2,1H3. The lowest BCUT2D eigenvalue weighted by atomic mass is 10.3. The maximum atomic E-state index is 5.46. The summed E-state index contributed by atoms with van der Waals surface area (Å²) in [6.45, 7) is 2.68. The Labute approximate surface area is 103 Å². The minimum Gasteiger partial charge on any atom is -0.465 e. The number of rotatable bonds is 3. The highest BCUT2D eigenvalue weighted by molar-refractivity contribution is 14.1. The number of hydrogen-bond acceptors (Lipinski definition) is 2. The maximum Gasteiger partial charge on any atom is 0.123 e. The third-order valence-corrected chi connectivity index (χ3v) is 2.83. The van der Waals surface area contributed by atoms with E-state index in [4.69, 9.17) is 4.42 Å². The molecular formula is C12H12INO. The van der Waals surface area contributed by atoms with Crippen molar-refractivity contribution in [3.8, 4) is 0 Å². The summed E-state index contributed by atoms with van der Waals surface area (Å²) in [5.41, 5.74) is 1.12. The van der Waals surface area contributed by atoms with Gasteiger partial charge in [-0.05, 0) is 65.9 Å². The highest BCUT2D eigenvalue weighted by Crippen LogP contribution is 2.13. The minimum absolute atomic E-state index is 0.731. The van der Waals surface area contributed by atoms with Crippen LogP contribution in [0.15, 0.2) is 40.8 Å². The molecule has 0 unspecified atom stereocenters. The summed E-state index contributed by atoms with van der Waals surface area (Å²) in [5.74, 6) is 1.92. The molecule has 1 heterocycles. The molecule has 2 rings (SSSR count).